The summed E-state index contributed by atoms with van der Waals surface area (Å²) in [6, 6.07) is 6.82. The van der Waals surface area contributed by atoms with Crippen molar-refractivity contribution in [3.8, 4) is 11.5 Å². The molecule has 2 rings (SSSR count). The predicted octanol–water partition coefficient (Wildman–Crippen LogP) is 1.08. The fraction of sp³-hybridized carbons (Fsp3) is 0.250. The average molecular weight is 233 g/mol. The lowest BCUT2D eigenvalue weighted by molar-refractivity contribution is 0.397. The Bertz CT molecular complexity index is 469. The molecule has 17 heavy (non-hydrogen) atoms. The van der Waals surface area contributed by atoms with Crippen LogP contribution in [0.1, 0.15) is 5.56 Å². The second-order valence-corrected chi connectivity index (χ2v) is 3.73. The fourth-order valence-corrected chi connectivity index (χ4v) is 1.57. The molecule has 0 spiro atoms. The van der Waals surface area contributed by atoms with Crippen LogP contribution < -0.4 is 5.32 Å². The molecule has 0 aliphatic rings. The molecule has 0 unspecified atom stereocenters. The first-order valence-corrected chi connectivity index (χ1v) is 5.45. The summed E-state index contributed by atoms with van der Waals surface area (Å²) in [6.07, 6.45) is 3.63. The van der Waals surface area contributed by atoms with Gasteiger partial charge in [0.15, 0.2) is 11.5 Å². The number of hydrogen-bond acceptors (Lipinski definition) is 4. The molecule has 1 aromatic carbocycles. The summed E-state index contributed by atoms with van der Waals surface area (Å²) in [7, 11) is 0. The van der Waals surface area contributed by atoms with Gasteiger partial charge in [-0.25, -0.2) is 0 Å². The van der Waals surface area contributed by atoms with Gasteiger partial charge in [-0.15, -0.1) is 0 Å². The van der Waals surface area contributed by atoms with Crippen molar-refractivity contribution in [2.45, 2.75) is 13.1 Å². The zero-order valence-corrected chi connectivity index (χ0v) is 9.37. The molecule has 0 amide bonds. The van der Waals surface area contributed by atoms with Crippen LogP contribution in [0.2, 0.25) is 0 Å². The van der Waals surface area contributed by atoms with Crippen LogP contribution in [0.3, 0.4) is 0 Å². The molecular formula is C12H15N3O2. The predicted molar refractivity (Wildman–Crippen MR) is 63.7 cm³/mol. The van der Waals surface area contributed by atoms with Gasteiger partial charge in [-0.05, 0) is 12.1 Å². The molecule has 1 heterocycles. The fourth-order valence-electron chi connectivity index (χ4n) is 1.57. The summed E-state index contributed by atoms with van der Waals surface area (Å²) in [5.74, 6) is -0.143. The number of benzene rings is 1. The lowest BCUT2D eigenvalue weighted by Crippen LogP contribution is -2.19. The molecule has 0 aliphatic heterocycles. The van der Waals surface area contributed by atoms with E-state index in [2.05, 4.69) is 10.4 Å². The third-order valence-electron chi connectivity index (χ3n) is 2.49. The summed E-state index contributed by atoms with van der Waals surface area (Å²) in [5, 5.41) is 26.1. The first kappa shape index (κ1) is 11.5. The molecule has 0 aliphatic carbocycles. The van der Waals surface area contributed by atoms with Gasteiger partial charge in [-0.2, -0.15) is 5.10 Å². The van der Waals surface area contributed by atoms with Gasteiger partial charge in [0.25, 0.3) is 0 Å². The second-order valence-electron chi connectivity index (χ2n) is 3.73. The van der Waals surface area contributed by atoms with Gasteiger partial charge < -0.3 is 15.5 Å². The number of phenols is 2. The zero-order chi connectivity index (χ0) is 12.1. The minimum absolute atomic E-state index is 0.0564. The van der Waals surface area contributed by atoms with Crippen molar-refractivity contribution in [1.29, 1.82) is 0 Å². The molecule has 1 aromatic heterocycles. The van der Waals surface area contributed by atoms with Crippen molar-refractivity contribution in [2.24, 2.45) is 0 Å². The first-order valence-electron chi connectivity index (χ1n) is 5.45. The molecule has 0 radical (unpaired) electrons. The van der Waals surface area contributed by atoms with Crippen LogP contribution in [0.15, 0.2) is 36.7 Å². The van der Waals surface area contributed by atoms with E-state index in [4.69, 9.17) is 0 Å². The van der Waals surface area contributed by atoms with Gasteiger partial charge in [0.2, 0.25) is 0 Å². The standard InChI is InChI=1S/C12H15N3O2/c16-11-4-1-3-10(12(11)17)9-13-6-8-15-7-2-5-14-15/h1-5,7,13,16-17H,6,8-9H2. The lowest BCUT2D eigenvalue weighted by Gasteiger charge is -2.07. The molecule has 3 N–H and O–H groups in total. The maximum Gasteiger partial charge on any atom is 0.161 e. The number of phenolic OH excluding ortho intramolecular Hbond substituents is 2. The van der Waals surface area contributed by atoms with Crippen molar-refractivity contribution >= 4 is 0 Å². The van der Waals surface area contributed by atoms with Gasteiger partial charge in [0.1, 0.15) is 0 Å². The lowest BCUT2D eigenvalue weighted by atomic mass is 10.2. The summed E-state index contributed by atoms with van der Waals surface area (Å²) in [4.78, 5) is 0. The highest BCUT2D eigenvalue weighted by molar-refractivity contribution is 5.44. The van der Waals surface area contributed by atoms with E-state index in [1.807, 2.05) is 16.9 Å². The zero-order valence-electron chi connectivity index (χ0n) is 9.37. The van der Waals surface area contributed by atoms with E-state index in [0.29, 0.717) is 12.1 Å². The quantitative estimate of drug-likeness (QED) is 0.534. The van der Waals surface area contributed by atoms with Crippen LogP contribution in [-0.4, -0.2) is 26.5 Å². The first-order chi connectivity index (χ1) is 8.27. The van der Waals surface area contributed by atoms with Crippen LogP contribution in [0.4, 0.5) is 0 Å². The minimum Gasteiger partial charge on any atom is -0.504 e. The Morgan fingerprint density at radius 1 is 1.24 bits per heavy atom. The topological polar surface area (TPSA) is 70.3 Å². The van der Waals surface area contributed by atoms with E-state index in [0.717, 1.165) is 13.1 Å². The average Bonchev–Trinajstić information content (AvgIpc) is 2.83. The molecule has 0 atom stereocenters. The Kier molecular flexibility index (Phi) is 3.62. The number of aromatic hydroxyl groups is 2. The van der Waals surface area contributed by atoms with Crippen molar-refractivity contribution in [2.75, 3.05) is 6.54 Å². The molecule has 5 heteroatoms. The number of hydrogen-bond donors (Lipinski definition) is 3. The minimum atomic E-state index is -0.0867. The summed E-state index contributed by atoms with van der Waals surface area (Å²) < 4.78 is 1.83. The molecule has 0 fully saturated rings. The summed E-state index contributed by atoms with van der Waals surface area (Å²) in [5.41, 5.74) is 0.686. The Hall–Kier alpha value is -2.01. The largest absolute Gasteiger partial charge is 0.504 e. The monoisotopic (exact) mass is 233 g/mol. The third kappa shape index (κ3) is 2.98. The van der Waals surface area contributed by atoms with Crippen molar-refractivity contribution in [3.63, 3.8) is 0 Å². The van der Waals surface area contributed by atoms with Crippen molar-refractivity contribution in [3.05, 3.63) is 42.2 Å². The van der Waals surface area contributed by atoms with Crippen LogP contribution in [0.5, 0.6) is 11.5 Å². The third-order valence-corrected chi connectivity index (χ3v) is 2.49. The number of nitrogens with one attached hydrogen (secondary N) is 1. The molecule has 90 valence electrons. The Balaban J connectivity index is 1.80. The van der Waals surface area contributed by atoms with Gasteiger partial charge >= 0.3 is 0 Å². The van der Waals surface area contributed by atoms with Crippen LogP contribution in [-0.2, 0) is 13.1 Å². The molecule has 0 saturated carbocycles. The number of rotatable bonds is 5. The van der Waals surface area contributed by atoms with Crippen LogP contribution >= 0.6 is 0 Å². The van der Waals surface area contributed by atoms with Crippen molar-refractivity contribution in [1.82, 2.24) is 15.1 Å². The molecule has 0 bridgehead atoms. The van der Waals surface area contributed by atoms with Crippen LogP contribution in [0, 0.1) is 0 Å². The highest BCUT2D eigenvalue weighted by Gasteiger charge is 2.04. The highest BCUT2D eigenvalue weighted by Crippen LogP contribution is 2.27. The number of aromatic nitrogens is 2. The van der Waals surface area contributed by atoms with E-state index < -0.39 is 0 Å². The highest BCUT2D eigenvalue weighted by atomic mass is 16.3. The SMILES string of the molecule is Oc1cccc(CNCCn2cccn2)c1O. The smallest absolute Gasteiger partial charge is 0.161 e. The van der Waals surface area contributed by atoms with E-state index >= 15 is 0 Å². The Morgan fingerprint density at radius 3 is 2.88 bits per heavy atom. The van der Waals surface area contributed by atoms with Gasteiger partial charge in [-0.1, -0.05) is 12.1 Å². The van der Waals surface area contributed by atoms with E-state index in [9.17, 15) is 10.2 Å². The molecular weight excluding hydrogens is 218 g/mol. The number of para-hydroxylation sites is 1. The van der Waals surface area contributed by atoms with Crippen LogP contribution in [0.25, 0.3) is 0 Å². The summed E-state index contributed by atoms with van der Waals surface area (Å²) >= 11 is 0. The Labute approximate surface area is 99.3 Å². The van der Waals surface area contributed by atoms with Gasteiger partial charge in [-0.3, -0.25) is 4.68 Å². The summed E-state index contributed by atoms with van der Waals surface area (Å²) in [6.45, 7) is 2.03. The van der Waals surface area contributed by atoms with Gasteiger partial charge in [0.05, 0.1) is 6.54 Å². The Morgan fingerprint density at radius 2 is 2.12 bits per heavy atom. The maximum atomic E-state index is 9.57. The van der Waals surface area contributed by atoms with Gasteiger partial charge in [0, 0.05) is 31.0 Å². The number of nitrogens with zero attached hydrogens (tertiary/aromatic N) is 2. The van der Waals surface area contributed by atoms with Crippen molar-refractivity contribution < 1.29 is 10.2 Å². The molecule has 0 saturated heterocycles. The second kappa shape index (κ2) is 5.36. The molecule has 2 aromatic rings. The molecule has 5 nitrogen and oxygen atoms in total. The van der Waals surface area contributed by atoms with E-state index in [1.165, 1.54) is 6.07 Å². The van der Waals surface area contributed by atoms with E-state index in [1.54, 1.807) is 18.3 Å². The normalized spacial score (nSPS) is 10.6. The maximum absolute atomic E-state index is 9.57. The van der Waals surface area contributed by atoms with E-state index in [-0.39, 0.29) is 11.5 Å².